The fourth-order valence-corrected chi connectivity index (χ4v) is 2.57. The van der Waals surface area contributed by atoms with Crippen LogP contribution in [0.1, 0.15) is 34.3 Å². The molecule has 2 N–H and O–H groups in total. The molecule has 130 valence electrons. The molecular formula is C20H22N2O3. The van der Waals surface area contributed by atoms with Crippen molar-refractivity contribution in [2.24, 2.45) is 5.92 Å². The summed E-state index contributed by atoms with van der Waals surface area (Å²) in [5.74, 6) is 0.749. The van der Waals surface area contributed by atoms with Gasteiger partial charge < -0.3 is 15.4 Å². The second-order valence-electron chi connectivity index (χ2n) is 6.35. The highest BCUT2D eigenvalue weighted by Gasteiger charge is 2.29. The zero-order valence-electron chi connectivity index (χ0n) is 14.5. The number of ether oxygens (including phenoxy) is 1. The van der Waals surface area contributed by atoms with Gasteiger partial charge in [-0.05, 0) is 55.2 Å². The molecule has 1 saturated carbocycles. The monoisotopic (exact) mass is 338 g/mol. The summed E-state index contributed by atoms with van der Waals surface area (Å²) in [5, 5.41) is 5.79. The van der Waals surface area contributed by atoms with Gasteiger partial charge in [-0.3, -0.25) is 9.59 Å². The summed E-state index contributed by atoms with van der Waals surface area (Å²) in [6, 6.07) is 12.9. The summed E-state index contributed by atoms with van der Waals surface area (Å²) in [6.45, 7) is 2.45. The van der Waals surface area contributed by atoms with Gasteiger partial charge in [0.25, 0.3) is 5.91 Å². The molecule has 0 atom stereocenters. The lowest BCUT2D eigenvalue weighted by Crippen LogP contribution is -2.24. The van der Waals surface area contributed by atoms with Crippen molar-refractivity contribution in [2.45, 2.75) is 26.3 Å². The number of aryl methyl sites for hydroxylation is 1. The predicted molar refractivity (Wildman–Crippen MR) is 96.7 cm³/mol. The maximum Gasteiger partial charge on any atom is 0.255 e. The number of hydrogen-bond acceptors (Lipinski definition) is 3. The Morgan fingerprint density at radius 1 is 1.12 bits per heavy atom. The Bertz CT molecular complexity index is 780. The fraction of sp³-hybridized carbons (Fsp3) is 0.300. The standard InChI is InChI=1S/C20H22N2O3/c1-13-3-10-18(25-2)17(11-13)22-20(24)16-6-4-14(5-7-16)12-21-19(23)15-8-9-15/h3-7,10-11,15H,8-9,12H2,1-2H3,(H,21,23)(H,22,24). The molecule has 0 saturated heterocycles. The van der Waals surface area contributed by atoms with Gasteiger partial charge >= 0.3 is 0 Å². The molecule has 2 aromatic carbocycles. The number of rotatable bonds is 6. The van der Waals surface area contributed by atoms with Gasteiger partial charge in [-0.15, -0.1) is 0 Å². The lowest BCUT2D eigenvalue weighted by Gasteiger charge is -2.11. The first-order valence-electron chi connectivity index (χ1n) is 8.39. The molecule has 1 aliphatic carbocycles. The summed E-state index contributed by atoms with van der Waals surface area (Å²) in [5.41, 5.74) is 3.21. The van der Waals surface area contributed by atoms with Crippen LogP contribution in [-0.2, 0) is 11.3 Å². The third kappa shape index (κ3) is 4.38. The molecule has 1 aliphatic rings. The zero-order chi connectivity index (χ0) is 17.8. The number of nitrogens with one attached hydrogen (secondary N) is 2. The molecule has 0 aromatic heterocycles. The lowest BCUT2D eigenvalue weighted by atomic mass is 10.1. The van der Waals surface area contributed by atoms with Crippen molar-refractivity contribution in [1.82, 2.24) is 5.32 Å². The van der Waals surface area contributed by atoms with Crippen LogP contribution in [0, 0.1) is 12.8 Å². The first-order chi connectivity index (χ1) is 12.1. The Kier molecular flexibility index (Phi) is 5.03. The third-order valence-corrected chi connectivity index (χ3v) is 4.23. The summed E-state index contributed by atoms with van der Waals surface area (Å²) in [4.78, 5) is 24.1. The summed E-state index contributed by atoms with van der Waals surface area (Å²) < 4.78 is 5.28. The minimum Gasteiger partial charge on any atom is -0.495 e. The summed E-state index contributed by atoms with van der Waals surface area (Å²) in [6.07, 6.45) is 1.99. The highest BCUT2D eigenvalue weighted by Crippen LogP contribution is 2.29. The van der Waals surface area contributed by atoms with Crippen molar-refractivity contribution in [2.75, 3.05) is 12.4 Å². The number of benzene rings is 2. The molecule has 2 amide bonds. The number of amides is 2. The molecule has 0 bridgehead atoms. The summed E-state index contributed by atoms with van der Waals surface area (Å²) in [7, 11) is 1.57. The molecule has 0 heterocycles. The highest BCUT2D eigenvalue weighted by atomic mass is 16.5. The van der Waals surface area contributed by atoms with E-state index in [0.29, 0.717) is 23.5 Å². The van der Waals surface area contributed by atoms with E-state index >= 15 is 0 Å². The van der Waals surface area contributed by atoms with Crippen molar-refractivity contribution in [3.05, 3.63) is 59.2 Å². The van der Waals surface area contributed by atoms with E-state index in [-0.39, 0.29) is 17.7 Å². The van der Waals surface area contributed by atoms with Gasteiger partial charge in [0.15, 0.2) is 0 Å². The second kappa shape index (κ2) is 7.38. The Balaban J connectivity index is 1.62. The first kappa shape index (κ1) is 17.0. The van der Waals surface area contributed by atoms with E-state index < -0.39 is 0 Å². The molecule has 25 heavy (non-hydrogen) atoms. The van der Waals surface area contributed by atoms with Crippen LogP contribution in [0.3, 0.4) is 0 Å². The molecular weight excluding hydrogens is 316 g/mol. The average molecular weight is 338 g/mol. The SMILES string of the molecule is COc1ccc(C)cc1NC(=O)c1ccc(CNC(=O)C2CC2)cc1. The molecule has 1 fully saturated rings. The molecule has 0 unspecified atom stereocenters. The van der Waals surface area contributed by atoms with E-state index in [1.807, 2.05) is 37.3 Å². The number of carbonyl (C=O) groups is 2. The fourth-order valence-electron chi connectivity index (χ4n) is 2.57. The van der Waals surface area contributed by atoms with Crippen molar-refractivity contribution in [3.63, 3.8) is 0 Å². The molecule has 3 rings (SSSR count). The van der Waals surface area contributed by atoms with Crippen LogP contribution < -0.4 is 15.4 Å². The van der Waals surface area contributed by atoms with E-state index in [4.69, 9.17) is 4.74 Å². The van der Waals surface area contributed by atoms with E-state index in [9.17, 15) is 9.59 Å². The van der Waals surface area contributed by atoms with Crippen molar-refractivity contribution in [1.29, 1.82) is 0 Å². The van der Waals surface area contributed by atoms with Gasteiger partial charge in [0, 0.05) is 18.0 Å². The second-order valence-corrected chi connectivity index (χ2v) is 6.35. The molecule has 0 radical (unpaired) electrons. The highest BCUT2D eigenvalue weighted by molar-refractivity contribution is 6.05. The van der Waals surface area contributed by atoms with Gasteiger partial charge in [0.1, 0.15) is 5.75 Å². The normalized spacial score (nSPS) is 13.2. The van der Waals surface area contributed by atoms with Gasteiger partial charge in [-0.25, -0.2) is 0 Å². The van der Waals surface area contributed by atoms with E-state index in [2.05, 4.69) is 10.6 Å². The van der Waals surface area contributed by atoms with Crippen LogP contribution in [0.25, 0.3) is 0 Å². The Hall–Kier alpha value is -2.82. The van der Waals surface area contributed by atoms with E-state index in [1.54, 1.807) is 19.2 Å². The average Bonchev–Trinajstić information content (AvgIpc) is 3.45. The number of anilines is 1. The maximum absolute atomic E-state index is 12.4. The Morgan fingerprint density at radius 2 is 1.84 bits per heavy atom. The number of hydrogen-bond donors (Lipinski definition) is 2. The van der Waals surface area contributed by atoms with Gasteiger partial charge in [-0.2, -0.15) is 0 Å². The van der Waals surface area contributed by atoms with Crippen molar-refractivity contribution >= 4 is 17.5 Å². The number of carbonyl (C=O) groups excluding carboxylic acids is 2. The Labute approximate surface area is 147 Å². The van der Waals surface area contributed by atoms with Gasteiger partial charge in [0.2, 0.25) is 5.91 Å². The third-order valence-electron chi connectivity index (χ3n) is 4.23. The molecule has 2 aromatic rings. The van der Waals surface area contributed by atoms with Crippen LogP contribution in [-0.4, -0.2) is 18.9 Å². The van der Waals surface area contributed by atoms with Crippen molar-refractivity contribution < 1.29 is 14.3 Å². The van der Waals surface area contributed by atoms with Gasteiger partial charge in [0.05, 0.1) is 12.8 Å². The molecule has 0 aliphatic heterocycles. The predicted octanol–water partition coefficient (Wildman–Crippen LogP) is 3.28. The largest absolute Gasteiger partial charge is 0.495 e. The maximum atomic E-state index is 12.4. The van der Waals surface area contributed by atoms with Crippen LogP contribution in [0.5, 0.6) is 5.75 Å². The molecule has 5 heteroatoms. The smallest absolute Gasteiger partial charge is 0.255 e. The minimum absolute atomic E-state index is 0.119. The number of methoxy groups -OCH3 is 1. The Morgan fingerprint density at radius 3 is 2.48 bits per heavy atom. The van der Waals surface area contributed by atoms with Crippen LogP contribution in [0.4, 0.5) is 5.69 Å². The first-order valence-corrected chi connectivity index (χ1v) is 8.39. The van der Waals surface area contributed by atoms with E-state index in [1.165, 1.54) is 0 Å². The van der Waals surface area contributed by atoms with Crippen molar-refractivity contribution in [3.8, 4) is 5.75 Å². The quantitative estimate of drug-likeness (QED) is 0.849. The lowest BCUT2D eigenvalue weighted by molar-refractivity contribution is -0.122. The topological polar surface area (TPSA) is 67.4 Å². The molecule has 0 spiro atoms. The van der Waals surface area contributed by atoms with E-state index in [0.717, 1.165) is 24.0 Å². The van der Waals surface area contributed by atoms with Crippen LogP contribution in [0.2, 0.25) is 0 Å². The van der Waals surface area contributed by atoms with Gasteiger partial charge in [-0.1, -0.05) is 18.2 Å². The van der Waals surface area contributed by atoms with Crippen LogP contribution in [0.15, 0.2) is 42.5 Å². The zero-order valence-corrected chi connectivity index (χ0v) is 14.5. The molecule has 5 nitrogen and oxygen atoms in total. The van der Waals surface area contributed by atoms with Crippen LogP contribution >= 0.6 is 0 Å². The minimum atomic E-state index is -0.197. The summed E-state index contributed by atoms with van der Waals surface area (Å²) >= 11 is 0.